The molecular weight excluding hydrogens is 871 g/mol. The summed E-state index contributed by atoms with van der Waals surface area (Å²) >= 11 is 0. The average molecular weight is 942 g/mol. The van der Waals surface area contributed by atoms with E-state index in [1.807, 2.05) is 78.8 Å². The smallest absolute Gasteiger partial charge is 0.405 e. The minimum atomic E-state index is -4.40. The normalized spacial score (nSPS) is 14.5. The van der Waals surface area contributed by atoms with E-state index in [0.29, 0.717) is 5.56 Å². The van der Waals surface area contributed by atoms with Gasteiger partial charge in [-0.3, -0.25) is 24.0 Å². The molecule has 19 nitrogen and oxygen atoms in total. The van der Waals surface area contributed by atoms with Gasteiger partial charge in [0.1, 0.15) is 18.1 Å². The highest BCUT2D eigenvalue weighted by Gasteiger charge is 2.42. The number of urea groups is 1. The molecule has 0 spiro atoms. The molecule has 0 saturated heterocycles. The van der Waals surface area contributed by atoms with Gasteiger partial charge < -0.3 is 47.6 Å². The highest BCUT2D eigenvalue weighted by molar-refractivity contribution is 7.90. The van der Waals surface area contributed by atoms with Crippen molar-refractivity contribution in [2.75, 3.05) is 20.6 Å². The van der Waals surface area contributed by atoms with Crippen LogP contribution in [0.3, 0.4) is 0 Å². The van der Waals surface area contributed by atoms with Crippen LogP contribution in [0, 0.1) is 17.3 Å². The van der Waals surface area contributed by atoms with Gasteiger partial charge in [-0.1, -0.05) is 111 Å². The number of likely N-dealkylation sites (N-methyl/N-ethyl adjacent to an activating group) is 2. The van der Waals surface area contributed by atoms with Crippen LogP contribution in [0.15, 0.2) is 71.1 Å². The zero-order valence-electron chi connectivity index (χ0n) is 40.2. The molecule has 0 aromatic heterocycles. The fourth-order valence-electron chi connectivity index (χ4n) is 7.24. The molecule has 0 aliphatic rings. The lowest BCUT2D eigenvalue weighted by Gasteiger charge is -2.40. The molecule has 0 heterocycles. The molecule has 2 aromatic rings. The SMILES string of the molecule is CN[C@H](C(=O)N[C@H](C(=O)N(C)[C@H](C=C(C)C(=O)NS(=O)(=O)c1ccc(CNC(=O)[C@H](CCCNC(N)=O)NC(=O)[C@@H](NC(=O)O)C(C)C)cc1)C(C)C)C(C)(C)C)C(C)(C)c1ccccc1. The quantitative estimate of drug-likeness (QED) is 0.0577. The number of carboxylic acid groups (broad SMARTS) is 1. The van der Waals surface area contributed by atoms with Crippen LogP contribution in [0.2, 0.25) is 0 Å². The molecule has 0 radical (unpaired) electrons. The third kappa shape index (κ3) is 16.4. The van der Waals surface area contributed by atoms with E-state index < -0.39 is 92.7 Å². The van der Waals surface area contributed by atoms with E-state index in [2.05, 4.69) is 36.6 Å². The third-order valence-corrected chi connectivity index (χ3v) is 12.6. The van der Waals surface area contributed by atoms with E-state index in [9.17, 15) is 47.1 Å². The van der Waals surface area contributed by atoms with Crippen LogP contribution in [0.1, 0.15) is 93.2 Å². The first-order valence-corrected chi connectivity index (χ1v) is 23.3. The van der Waals surface area contributed by atoms with Crippen molar-refractivity contribution in [3.05, 3.63) is 77.4 Å². The van der Waals surface area contributed by atoms with E-state index in [1.165, 1.54) is 42.2 Å². The largest absolute Gasteiger partial charge is 0.465 e. The van der Waals surface area contributed by atoms with Gasteiger partial charge in [-0.05, 0) is 67.3 Å². The second-order valence-electron chi connectivity index (χ2n) is 18.6. The van der Waals surface area contributed by atoms with Gasteiger partial charge in [-0.15, -0.1) is 0 Å². The summed E-state index contributed by atoms with van der Waals surface area (Å²) in [5.74, 6) is -3.72. The van der Waals surface area contributed by atoms with E-state index in [-0.39, 0.29) is 48.2 Å². The number of carbonyl (C=O) groups excluding carboxylic acids is 6. The molecule has 0 aliphatic heterocycles. The standard InChI is InChI=1S/C46H71N9O10S/c1-27(2)34(55(12)42(60)37(45(6,7)8)53-41(59)36(48-11)46(9,10)31-17-14-13-15-18-31)25-29(5)38(56)54-66(64,65)32-22-20-30(21-23-32)26-50-39(57)33(19-16-24-49-43(47)61)51-40(58)35(28(3)4)52-44(62)63/h13-15,17-18,20-23,25,27-28,33-37,48,52H,16,19,24,26H2,1-12H3,(H,50,57)(H,51,58)(H,53,59)(H,54,56)(H,62,63)(H3,47,49,61)/t33-,34+,35-,36+,37+/m0/s1. The Morgan fingerprint density at radius 2 is 1.38 bits per heavy atom. The van der Waals surface area contributed by atoms with Crippen LogP contribution in [0.4, 0.5) is 9.59 Å². The van der Waals surface area contributed by atoms with E-state index in [1.54, 1.807) is 27.9 Å². The Morgan fingerprint density at radius 3 is 1.88 bits per heavy atom. The number of hydrogen-bond acceptors (Lipinski definition) is 10. The van der Waals surface area contributed by atoms with Crippen LogP contribution >= 0.6 is 0 Å². The second kappa shape index (κ2) is 24.5. The van der Waals surface area contributed by atoms with Gasteiger partial charge in [0, 0.05) is 31.1 Å². The Labute approximate surface area is 389 Å². The predicted molar refractivity (Wildman–Crippen MR) is 251 cm³/mol. The third-order valence-electron chi connectivity index (χ3n) is 11.2. The maximum absolute atomic E-state index is 14.3. The molecule has 20 heteroatoms. The number of nitrogens with one attached hydrogen (secondary N) is 7. The van der Waals surface area contributed by atoms with Crippen LogP contribution in [0.25, 0.3) is 0 Å². The minimum absolute atomic E-state index is 0.0259. The average Bonchev–Trinajstić information content (AvgIpc) is 3.23. The zero-order chi connectivity index (χ0) is 50.3. The molecule has 0 saturated carbocycles. The van der Waals surface area contributed by atoms with E-state index in [4.69, 9.17) is 5.73 Å². The Kier molecular flexibility index (Phi) is 20.8. The van der Waals surface area contributed by atoms with Crippen molar-refractivity contribution in [2.45, 2.75) is 129 Å². The van der Waals surface area contributed by atoms with Gasteiger partial charge in [0.15, 0.2) is 0 Å². The molecule has 5 atom stereocenters. The summed E-state index contributed by atoms with van der Waals surface area (Å²) in [6.07, 6.45) is 0.404. The number of benzene rings is 2. The summed E-state index contributed by atoms with van der Waals surface area (Å²) in [7, 11) is -1.13. The summed E-state index contributed by atoms with van der Waals surface area (Å²) in [5.41, 5.74) is 5.17. The number of primary amides is 1. The number of rotatable bonds is 23. The Bertz CT molecular complexity index is 2160. The van der Waals surface area contributed by atoms with Crippen molar-refractivity contribution in [1.82, 2.24) is 41.5 Å². The lowest BCUT2D eigenvalue weighted by atomic mass is 9.76. The summed E-state index contributed by atoms with van der Waals surface area (Å²) in [5, 5.41) is 25.1. The first-order valence-electron chi connectivity index (χ1n) is 21.8. The topological polar surface area (TPSA) is 287 Å². The van der Waals surface area contributed by atoms with Crippen molar-refractivity contribution in [3.63, 3.8) is 0 Å². The number of sulfonamides is 1. The molecule has 0 bridgehead atoms. The van der Waals surface area contributed by atoms with Crippen molar-refractivity contribution in [1.29, 1.82) is 0 Å². The summed E-state index contributed by atoms with van der Waals surface area (Å²) in [6, 6.07) is 9.55. The molecule has 2 rings (SSSR count). The highest BCUT2D eigenvalue weighted by atomic mass is 32.2. The van der Waals surface area contributed by atoms with Gasteiger partial charge >= 0.3 is 12.1 Å². The Balaban J connectivity index is 2.22. The lowest BCUT2D eigenvalue weighted by Crippen LogP contribution is -2.61. The summed E-state index contributed by atoms with van der Waals surface area (Å²) in [6.45, 7) is 17.8. The van der Waals surface area contributed by atoms with Gasteiger partial charge in [-0.2, -0.15) is 0 Å². The van der Waals surface area contributed by atoms with E-state index in [0.717, 1.165) is 5.56 Å². The van der Waals surface area contributed by atoms with Gasteiger partial charge in [0.2, 0.25) is 23.6 Å². The maximum atomic E-state index is 14.3. The van der Waals surface area contributed by atoms with Crippen molar-refractivity contribution in [2.24, 2.45) is 23.0 Å². The molecule has 0 unspecified atom stereocenters. The molecule has 2 aromatic carbocycles. The fourth-order valence-corrected chi connectivity index (χ4v) is 8.26. The second-order valence-corrected chi connectivity index (χ2v) is 20.3. The Morgan fingerprint density at radius 1 is 0.788 bits per heavy atom. The summed E-state index contributed by atoms with van der Waals surface area (Å²) < 4.78 is 28.9. The van der Waals surface area contributed by atoms with Crippen LogP contribution in [0.5, 0.6) is 0 Å². The molecule has 0 fully saturated rings. The predicted octanol–water partition coefficient (Wildman–Crippen LogP) is 2.86. The molecule has 366 valence electrons. The molecule has 0 aliphatic carbocycles. The van der Waals surface area contributed by atoms with E-state index >= 15 is 0 Å². The van der Waals surface area contributed by atoms with Gasteiger partial charge in [-0.25, -0.2) is 22.7 Å². The molecule has 10 N–H and O–H groups in total. The number of carbonyl (C=O) groups is 7. The number of hydrogen-bond donors (Lipinski definition) is 9. The molecular formula is C46H71N9O10S. The molecule has 66 heavy (non-hydrogen) atoms. The first-order chi connectivity index (χ1) is 30.5. The lowest BCUT2D eigenvalue weighted by molar-refractivity contribution is -0.141. The van der Waals surface area contributed by atoms with Gasteiger partial charge in [0.25, 0.3) is 15.9 Å². The molecule has 8 amide bonds. The number of nitrogens with zero attached hydrogens (tertiary/aromatic N) is 1. The number of amides is 8. The fraction of sp³-hybridized carbons (Fsp3) is 0.543. The van der Waals surface area contributed by atoms with Crippen molar-refractivity contribution < 1.29 is 47.1 Å². The van der Waals surface area contributed by atoms with Crippen molar-refractivity contribution in [3.8, 4) is 0 Å². The maximum Gasteiger partial charge on any atom is 0.405 e. The van der Waals surface area contributed by atoms with Gasteiger partial charge in [0.05, 0.1) is 17.0 Å². The minimum Gasteiger partial charge on any atom is -0.465 e. The van der Waals surface area contributed by atoms with Crippen LogP contribution in [-0.4, -0.2) is 111 Å². The Hall–Kier alpha value is -6.02. The zero-order valence-corrected chi connectivity index (χ0v) is 41.0. The summed E-state index contributed by atoms with van der Waals surface area (Å²) in [4.78, 5) is 91.5. The first kappa shape index (κ1) is 56.1. The highest BCUT2D eigenvalue weighted by Crippen LogP contribution is 2.29. The monoisotopic (exact) mass is 942 g/mol. The van der Waals surface area contributed by atoms with Crippen molar-refractivity contribution >= 4 is 51.7 Å². The van der Waals surface area contributed by atoms with Crippen LogP contribution in [-0.2, 0) is 46.0 Å². The number of nitrogens with two attached hydrogens (primary N) is 1. The van der Waals surface area contributed by atoms with Crippen LogP contribution < -0.4 is 42.4 Å².